The first kappa shape index (κ1) is 16.7. The molecule has 6 heteroatoms. The van der Waals surface area contributed by atoms with E-state index in [1.165, 1.54) is 0 Å². The van der Waals surface area contributed by atoms with Crippen molar-refractivity contribution >= 4 is 11.8 Å². The van der Waals surface area contributed by atoms with Crippen LogP contribution in [0.1, 0.15) is 19.5 Å². The zero-order chi connectivity index (χ0) is 16.1. The number of carbonyl (C=O) groups is 1. The second-order valence-corrected chi connectivity index (χ2v) is 6.15. The van der Waals surface area contributed by atoms with Gasteiger partial charge in [0.05, 0.1) is 5.69 Å². The molecule has 2 N–H and O–H groups in total. The molecule has 1 fully saturated rings. The molecule has 1 aromatic heterocycles. The molecule has 1 aliphatic rings. The van der Waals surface area contributed by atoms with Crippen LogP contribution >= 0.6 is 0 Å². The van der Waals surface area contributed by atoms with Crippen LogP contribution in [-0.2, 0) is 16.1 Å². The van der Waals surface area contributed by atoms with E-state index in [9.17, 15) is 4.79 Å². The lowest BCUT2D eigenvalue weighted by Gasteiger charge is -2.33. The molecule has 2 rings (SSSR count). The molecule has 1 aromatic rings. The second-order valence-electron chi connectivity index (χ2n) is 6.15. The van der Waals surface area contributed by atoms with Gasteiger partial charge in [0.15, 0.2) is 0 Å². The third-order valence-corrected chi connectivity index (χ3v) is 3.97. The number of aromatic nitrogens is 1. The van der Waals surface area contributed by atoms with E-state index in [0.29, 0.717) is 0 Å². The highest BCUT2D eigenvalue weighted by molar-refractivity contribution is 5.75. The molecule has 0 unspecified atom stereocenters. The smallest absolute Gasteiger partial charge is 0.323 e. The van der Waals surface area contributed by atoms with Gasteiger partial charge < -0.3 is 20.3 Å². The minimum Gasteiger partial charge on any atom is -0.458 e. The van der Waals surface area contributed by atoms with Crippen LogP contribution in [0.5, 0.6) is 0 Å². The molecule has 1 atom stereocenters. The van der Waals surface area contributed by atoms with Gasteiger partial charge in [-0.1, -0.05) is 19.9 Å². The SMILES string of the molecule is CC(C)[C@H](N)C(=O)OCc1cccc(N2CCN(C)CC2)n1. The first-order chi connectivity index (χ1) is 10.5. The van der Waals surface area contributed by atoms with Crippen molar-refractivity contribution in [1.29, 1.82) is 0 Å². The van der Waals surface area contributed by atoms with E-state index in [1.54, 1.807) is 0 Å². The number of likely N-dealkylation sites (N-methyl/N-ethyl adjacent to an activating group) is 1. The first-order valence-corrected chi connectivity index (χ1v) is 7.79. The van der Waals surface area contributed by atoms with Gasteiger partial charge in [-0.15, -0.1) is 0 Å². The average Bonchev–Trinajstić information content (AvgIpc) is 2.52. The Kier molecular flexibility index (Phi) is 5.74. The number of piperazine rings is 1. The topological polar surface area (TPSA) is 71.7 Å². The van der Waals surface area contributed by atoms with Gasteiger partial charge in [-0.2, -0.15) is 0 Å². The number of esters is 1. The fourth-order valence-electron chi connectivity index (χ4n) is 2.27. The van der Waals surface area contributed by atoms with E-state index in [4.69, 9.17) is 10.5 Å². The molecule has 6 nitrogen and oxygen atoms in total. The maximum absolute atomic E-state index is 11.8. The van der Waals surface area contributed by atoms with Gasteiger partial charge in [0, 0.05) is 26.2 Å². The van der Waals surface area contributed by atoms with Crippen molar-refractivity contribution in [2.45, 2.75) is 26.5 Å². The minimum atomic E-state index is -0.583. The monoisotopic (exact) mass is 306 g/mol. The predicted molar refractivity (Wildman–Crippen MR) is 86.6 cm³/mol. The molecule has 1 saturated heterocycles. The summed E-state index contributed by atoms with van der Waals surface area (Å²) in [5, 5.41) is 0. The van der Waals surface area contributed by atoms with E-state index in [2.05, 4.69) is 21.8 Å². The van der Waals surface area contributed by atoms with Gasteiger partial charge >= 0.3 is 5.97 Å². The number of anilines is 1. The number of pyridine rings is 1. The van der Waals surface area contributed by atoms with E-state index in [-0.39, 0.29) is 18.5 Å². The van der Waals surface area contributed by atoms with Gasteiger partial charge in [0.1, 0.15) is 18.5 Å². The Labute approximate surface area is 132 Å². The van der Waals surface area contributed by atoms with Crippen molar-refractivity contribution in [3.63, 3.8) is 0 Å². The molecule has 22 heavy (non-hydrogen) atoms. The van der Waals surface area contributed by atoms with Crippen LogP contribution in [0.2, 0.25) is 0 Å². The number of hydrogen-bond donors (Lipinski definition) is 1. The number of nitrogens with two attached hydrogens (primary N) is 1. The highest BCUT2D eigenvalue weighted by Crippen LogP contribution is 2.14. The summed E-state index contributed by atoms with van der Waals surface area (Å²) in [5.74, 6) is 0.633. The summed E-state index contributed by atoms with van der Waals surface area (Å²) in [6, 6.07) is 5.23. The lowest BCUT2D eigenvalue weighted by atomic mass is 10.1. The van der Waals surface area contributed by atoms with Crippen molar-refractivity contribution in [2.24, 2.45) is 11.7 Å². The molecule has 0 saturated carbocycles. The molecule has 0 amide bonds. The summed E-state index contributed by atoms with van der Waals surface area (Å²) in [4.78, 5) is 20.9. The Hall–Kier alpha value is -1.66. The molecule has 2 heterocycles. The first-order valence-electron chi connectivity index (χ1n) is 7.79. The summed E-state index contributed by atoms with van der Waals surface area (Å²) in [6.07, 6.45) is 0. The van der Waals surface area contributed by atoms with Crippen LogP contribution in [0.3, 0.4) is 0 Å². The number of ether oxygens (including phenoxy) is 1. The normalized spacial score (nSPS) is 17.6. The molecule has 0 bridgehead atoms. The quantitative estimate of drug-likeness (QED) is 0.814. The van der Waals surface area contributed by atoms with E-state index < -0.39 is 6.04 Å². The lowest BCUT2D eigenvalue weighted by Crippen LogP contribution is -2.44. The standard InChI is InChI=1S/C16H26N4O2/c1-12(2)15(17)16(21)22-11-13-5-4-6-14(18-13)20-9-7-19(3)8-10-20/h4-6,12,15H,7-11,17H2,1-3H3/t15-/m0/s1. The van der Waals surface area contributed by atoms with Crippen molar-refractivity contribution in [3.8, 4) is 0 Å². The van der Waals surface area contributed by atoms with E-state index in [0.717, 1.165) is 37.7 Å². The fraction of sp³-hybridized carbons (Fsp3) is 0.625. The Morgan fingerprint density at radius 2 is 2.00 bits per heavy atom. The lowest BCUT2D eigenvalue weighted by molar-refractivity contribution is -0.147. The maximum atomic E-state index is 11.8. The zero-order valence-electron chi connectivity index (χ0n) is 13.7. The zero-order valence-corrected chi connectivity index (χ0v) is 13.7. The van der Waals surface area contributed by atoms with Gasteiger partial charge in [-0.05, 0) is 25.1 Å². The van der Waals surface area contributed by atoms with Crippen LogP contribution in [-0.4, -0.2) is 55.1 Å². The Balaban J connectivity index is 1.93. The summed E-state index contributed by atoms with van der Waals surface area (Å²) in [6.45, 7) is 7.96. The Bertz CT molecular complexity index is 499. The molecular formula is C16H26N4O2. The summed E-state index contributed by atoms with van der Waals surface area (Å²) in [5.41, 5.74) is 6.53. The van der Waals surface area contributed by atoms with Gasteiger partial charge in [-0.25, -0.2) is 4.98 Å². The molecule has 1 aliphatic heterocycles. The Morgan fingerprint density at radius 1 is 1.32 bits per heavy atom. The van der Waals surface area contributed by atoms with Crippen LogP contribution in [0, 0.1) is 5.92 Å². The molecule has 0 aromatic carbocycles. The molecule has 0 aliphatic carbocycles. The van der Waals surface area contributed by atoms with Crippen LogP contribution in [0.4, 0.5) is 5.82 Å². The van der Waals surface area contributed by atoms with Gasteiger partial charge in [-0.3, -0.25) is 4.79 Å². The van der Waals surface area contributed by atoms with Crippen LogP contribution in [0.15, 0.2) is 18.2 Å². The maximum Gasteiger partial charge on any atom is 0.323 e. The van der Waals surface area contributed by atoms with Crippen LogP contribution < -0.4 is 10.6 Å². The Morgan fingerprint density at radius 3 is 2.64 bits per heavy atom. The van der Waals surface area contributed by atoms with E-state index in [1.807, 2.05) is 32.0 Å². The predicted octanol–water partition coefficient (Wildman–Crippen LogP) is 0.860. The number of carbonyl (C=O) groups excluding carboxylic acids is 1. The molecular weight excluding hydrogens is 280 g/mol. The number of nitrogens with zero attached hydrogens (tertiary/aromatic N) is 3. The second kappa shape index (κ2) is 7.56. The third-order valence-electron chi connectivity index (χ3n) is 3.97. The minimum absolute atomic E-state index is 0.0668. The molecule has 0 radical (unpaired) electrons. The summed E-state index contributed by atoms with van der Waals surface area (Å²) in [7, 11) is 2.12. The highest BCUT2D eigenvalue weighted by Gasteiger charge is 2.19. The summed E-state index contributed by atoms with van der Waals surface area (Å²) < 4.78 is 5.26. The largest absolute Gasteiger partial charge is 0.458 e. The summed E-state index contributed by atoms with van der Waals surface area (Å²) >= 11 is 0. The average molecular weight is 306 g/mol. The van der Waals surface area contributed by atoms with Gasteiger partial charge in [0.2, 0.25) is 0 Å². The third kappa shape index (κ3) is 4.42. The number of rotatable bonds is 5. The van der Waals surface area contributed by atoms with Crippen molar-refractivity contribution < 1.29 is 9.53 Å². The van der Waals surface area contributed by atoms with Crippen molar-refractivity contribution in [1.82, 2.24) is 9.88 Å². The fourth-order valence-corrected chi connectivity index (χ4v) is 2.27. The van der Waals surface area contributed by atoms with Gasteiger partial charge in [0.25, 0.3) is 0 Å². The molecule has 0 spiro atoms. The van der Waals surface area contributed by atoms with E-state index >= 15 is 0 Å². The van der Waals surface area contributed by atoms with Crippen LogP contribution in [0.25, 0.3) is 0 Å². The molecule has 122 valence electrons. The van der Waals surface area contributed by atoms with Crippen molar-refractivity contribution in [2.75, 3.05) is 38.1 Å². The van der Waals surface area contributed by atoms with Crippen molar-refractivity contribution in [3.05, 3.63) is 23.9 Å². The number of hydrogen-bond acceptors (Lipinski definition) is 6. The highest BCUT2D eigenvalue weighted by atomic mass is 16.5.